The van der Waals surface area contributed by atoms with Crippen LogP contribution in [0.15, 0.2) is 6.20 Å². The number of hydrogen-bond acceptors (Lipinski definition) is 3. The van der Waals surface area contributed by atoms with E-state index in [1.807, 2.05) is 24.7 Å². The van der Waals surface area contributed by atoms with Crippen molar-refractivity contribution < 1.29 is 4.79 Å². The highest BCUT2D eigenvalue weighted by molar-refractivity contribution is 5.97. The summed E-state index contributed by atoms with van der Waals surface area (Å²) in [7, 11) is 1.90. The van der Waals surface area contributed by atoms with Crippen LogP contribution < -0.4 is 0 Å². The highest BCUT2D eigenvalue weighted by Gasteiger charge is 2.14. The summed E-state index contributed by atoms with van der Waals surface area (Å²) in [5, 5.41) is 0.904. The van der Waals surface area contributed by atoms with Crippen LogP contribution in [0.3, 0.4) is 0 Å². The van der Waals surface area contributed by atoms with E-state index in [0.29, 0.717) is 11.5 Å². The normalized spacial score (nSPS) is 11.4. The minimum absolute atomic E-state index is 0.507. The van der Waals surface area contributed by atoms with Crippen LogP contribution in [0.25, 0.3) is 11.0 Å². The van der Waals surface area contributed by atoms with Gasteiger partial charge in [0.15, 0.2) is 6.29 Å². The number of rotatable bonds is 3. The molecule has 4 heteroatoms. The fraction of sp³-hybridized carbons (Fsp3) is 0.462. The maximum atomic E-state index is 11.1. The molecule has 0 aliphatic heterocycles. The molecule has 0 unspecified atom stereocenters. The Labute approximate surface area is 101 Å². The Bertz CT molecular complexity index is 570. The van der Waals surface area contributed by atoms with Gasteiger partial charge in [-0.2, -0.15) is 0 Å². The maximum Gasteiger partial charge on any atom is 0.152 e. The second-order valence-corrected chi connectivity index (χ2v) is 4.83. The molecule has 2 heterocycles. The van der Waals surface area contributed by atoms with Crippen molar-refractivity contribution >= 4 is 17.3 Å². The van der Waals surface area contributed by atoms with Crippen molar-refractivity contribution in [3.05, 3.63) is 23.3 Å². The smallest absolute Gasteiger partial charge is 0.152 e. The lowest BCUT2D eigenvalue weighted by molar-refractivity contribution is 0.112. The summed E-state index contributed by atoms with van der Waals surface area (Å²) >= 11 is 0. The summed E-state index contributed by atoms with van der Waals surface area (Å²) in [5.41, 5.74) is 2.50. The van der Waals surface area contributed by atoms with Crippen molar-refractivity contribution in [1.82, 2.24) is 14.5 Å². The van der Waals surface area contributed by atoms with Gasteiger partial charge in [0.2, 0.25) is 0 Å². The third kappa shape index (κ3) is 2.07. The van der Waals surface area contributed by atoms with Crippen LogP contribution in [-0.2, 0) is 13.5 Å². The van der Waals surface area contributed by atoms with Gasteiger partial charge in [0, 0.05) is 18.8 Å². The van der Waals surface area contributed by atoms with E-state index in [2.05, 4.69) is 23.8 Å². The highest BCUT2D eigenvalue weighted by atomic mass is 16.1. The van der Waals surface area contributed by atoms with E-state index in [4.69, 9.17) is 0 Å². The second-order valence-electron chi connectivity index (χ2n) is 4.83. The van der Waals surface area contributed by atoms with E-state index >= 15 is 0 Å². The van der Waals surface area contributed by atoms with Gasteiger partial charge in [0.1, 0.15) is 11.5 Å². The molecule has 0 N–H and O–H groups in total. The molecule has 2 aromatic rings. The van der Waals surface area contributed by atoms with Crippen LogP contribution >= 0.6 is 0 Å². The van der Waals surface area contributed by atoms with E-state index in [1.54, 1.807) is 0 Å². The fourth-order valence-electron chi connectivity index (χ4n) is 2.12. The van der Waals surface area contributed by atoms with Gasteiger partial charge in [-0.3, -0.25) is 4.79 Å². The lowest BCUT2D eigenvalue weighted by atomic mass is 10.0. The fourth-order valence-corrected chi connectivity index (χ4v) is 2.12. The third-order valence-electron chi connectivity index (χ3n) is 2.76. The zero-order valence-electron chi connectivity index (χ0n) is 10.7. The molecule has 17 heavy (non-hydrogen) atoms. The van der Waals surface area contributed by atoms with E-state index in [-0.39, 0.29) is 0 Å². The molecule has 0 aromatic carbocycles. The quantitative estimate of drug-likeness (QED) is 0.761. The van der Waals surface area contributed by atoms with Gasteiger partial charge in [0.05, 0.1) is 11.1 Å². The third-order valence-corrected chi connectivity index (χ3v) is 2.76. The monoisotopic (exact) mass is 231 g/mol. The Hall–Kier alpha value is -1.71. The molecule has 0 spiro atoms. The zero-order valence-corrected chi connectivity index (χ0v) is 10.7. The summed E-state index contributed by atoms with van der Waals surface area (Å²) < 4.78 is 1.89. The lowest BCUT2D eigenvalue weighted by Crippen LogP contribution is -2.03. The number of carbonyl (C=O) groups is 1. The molecule has 2 aromatic heterocycles. The van der Waals surface area contributed by atoms with E-state index < -0.39 is 0 Å². The molecular formula is C13H17N3O. The number of aryl methyl sites for hydroxylation is 2. The summed E-state index contributed by atoms with van der Waals surface area (Å²) in [6.07, 6.45) is 3.56. The molecule has 0 saturated heterocycles. The number of carbonyl (C=O) groups excluding carboxylic acids is 1. The summed E-state index contributed by atoms with van der Waals surface area (Å²) in [5.74, 6) is 1.26. The standard InChI is InChI=1S/C13H17N3O/c1-8(2)5-11-12-10(7-17)6-16(4)13(12)15-9(3)14-11/h6-8H,5H2,1-4H3. The number of aldehydes is 1. The molecule has 0 saturated carbocycles. The number of hydrogen-bond donors (Lipinski definition) is 0. The van der Waals surface area contributed by atoms with Crippen molar-refractivity contribution in [3.63, 3.8) is 0 Å². The Morgan fingerprint density at radius 3 is 2.71 bits per heavy atom. The van der Waals surface area contributed by atoms with Crippen molar-refractivity contribution in [2.24, 2.45) is 13.0 Å². The SMILES string of the molecule is Cc1nc(CC(C)C)c2c(C=O)cn(C)c2n1. The second kappa shape index (κ2) is 4.28. The molecule has 2 rings (SSSR count). The topological polar surface area (TPSA) is 47.8 Å². The average molecular weight is 231 g/mol. The molecule has 0 aliphatic rings. The Balaban J connectivity index is 2.75. The molecule has 0 amide bonds. The zero-order chi connectivity index (χ0) is 12.6. The van der Waals surface area contributed by atoms with Crippen LogP contribution in [-0.4, -0.2) is 20.8 Å². The Morgan fingerprint density at radius 2 is 2.12 bits per heavy atom. The van der Waals surface area contributed by atoms with Crippen molar-refractivity contribution in [1.29, 1.82) is 0 Å². The number of nitrogens with zero attached hydrogens (tertiary/aromatic N) is 3. The first-order valence-electron chi connectivity index (χ1n) is 5.80. The minimum atomic E-state index is 0.507. The van der Waals surface area contributed by atoms with E-state index in [0.717, 1.165) is 35.3 Å². The number of fused-ring (bicyclic) bond motifs is 1. The molecule has 4 nitrogen and oxygen atoms in total. The highest BCUT2D eigenvalue weighted by Crippen LogP contribution is 2.23. The maximum absolute atomic E-state index is 11.1. The summed E-state index contributed by atoms with van der Waals surface area (Å²) in [6.45, 7) is 6.18. The summed E-state index contributed by atoms with van der Waals surface area (Å²) in [4.78, 5) is 20.0. The van der Waals surface area contributed by atoms with Crippen molar-refractivity contribution in [2.75, 3.05) is 0 Å². The van der Waals surface area contributed by atoms with Gasteiger partial charge < -0.3 is 4.57 Å². The molecule has 0 aliphatic carbocycles. The van der Waals surface area contributed by atoms with Gasteiger partial charge in [0.25, 0.3) is 0 Å². The predicted molar refractivity (Wildman–Crippen MR) is 67.2 cm³/mol. The molecular weight excluding hydrogens is 214 g/mol. The first kappa shape index (κ1) is 11.8. The van der Waals surface area contributed by atoms with Gasteiger partial charge in [-0.05, 0) is 19.3 Å². The van der Waals surface area contributed by atoms with Crippen molar-refractivity contribution in [2.45, 2.75) is 27.2 Å². The van der Waals surface area contributed by atoms with Gasteiger partial charge >= 0.3 is 0 Å². The van der Waals surface area contributed by atoms with Crippen LogP contribution in [0.2, 0.25) is 0 Å². The van der Waals surface area contributed by atoms with Gasteiger partial charge in [-0.15, -0.1) is 0 Å². The summed E-state index contributed by atoms with van der Waals surface area (Å²) in [6, 6.07) is 0. The molecule has 0 radical (unpaired) electrons. The first-order chi connectivity index (χ1) is 8.02. The molecule has 0 atom stereocenters. The first-order valence-corrected chi connectivity index (χ1v) is 5.80. The predicted octanol–water partition coefficient (Wildman–Crippen LogP) is 2.29. The van der Waals surface area contributed by atoms with E-state index in [1.165, 1.54) is 0 Å². The van der Waals surface area contributed by atoms with Gasteiger partial charge in [-0.1, -0.05) is 13.8 Å². The number of aromatic nitrogens is 3. The molecule has 0 fully saturated rings. The minimum Gasteiger partial charge on any atom is -0.335 e. The van der Waals surface area contributed by atoms with E-state index in [9.17, 15) is 4.79 Å². The van der Waals surface area contributed by atoms with Crippen LogP contribution in [0.1, 0.15) is 35.7 Å². The van der Waals surface area contributed by atoms with Crippen molar-refractivity contribution in [3.8, 4) is 0 Å². The Kier molecular flexibility index (Phi) is 2.96. The van der Waals surface area contributed by atoms with Gasteiger partial charge in [-0.25, -0.2) is 9.97 Å². The van der Waals surface area contributed by atoms with Crippen LogP contribution in [0.4, 0.5) is 0 Å². The largest absolute Gasteiger partial charge is 0.335 e. The Morgan fingerprint density at radius 1 is 1.41 bits per heavy atom. The molecule has 90 valence electrons. The van der Waals surface area contributed by atoms with Crippen LogP contribution in [0.5, 0.6) is 0 Å². The average Bonchev–Trinajstić information content (AvgIpc) is 2.55. The molecule has 0 bridgehead atoms. The lowest BCUT2D eigenvalue weighted by Gasteiger charge is -2.07. The van der Waals surface area contributed by atoms with Crippen LogP contribution in [0, 0.1) is 12.8 Å².